The third-order valence-electron chi connectivity index (χ3n) is 8.50. The number of carbonyl (C=O) groups is 3. The quantitative estimate of drug-likeness (QED) is 0.107. The summed E-state index contributed by atoms with van der Waals surface area (Å²) in [5.41, 5.74) is 3.38. The maximum Gasteiger partial charge on any atom is 0.311 e. The normalized spacial score (nSPS) is 17.1. The van der Waals surface area contributed by atoms with Crippen LogP contribution in [0, 0.1) is 28.6 Å². The van der Waals surface area contributed by atoms with Gasteiger partial charge in [0.15, 0.2) is 0 Å². The summed E-state index contributed by atoms with van der Waals surface area (Å²) < 4.78 is 10.9. The zero-order valence-corrected chi connectivity index (χ0v) is 36.6. The van der Waals surface area contributed by atoms with E-state index in [4.69, 9.17) is 21.1 Å². The van der Waals surface area contributed by atoms with Gasteiger partial charge in [-0.3, -0.25) is 19.8 Å². The SMILES string of the molecule is CC(C)(C)N(NC(=O)c1ccc(Cl)cc1)C(=O)c1ccccc1.CC1(C)[C@H](C(=O)O[C@H](C#N)c2cccc(Oc3ccccc3)c2)[C@@H]1C(Br)C(Br)(Br)Br. The maximum absolute atomic E-state index is 12.9. The topological polar surface area (TPSA) is 109 Å². The number of nitrogens with zero attached hydrogens (tertiary/aromatic N) is 2. The predicted molar refractivity (Wildman–Crippen MR) is 222 cm³/mol. The van der Waals surface area contributed by atoms with E-state index in [1.54, 1.807) is 72.8 Å². The van der Waals surface area contributed by atoms with E-state index < -0.39 is 13.8 Å². The molecule has 0 aromatic heterocycles. The molecule has 1 saturated carbocycles. The second-order valence-electron chi connectivity index (χ2n) is 13.8. The molecular formula is C40H38Br4ClN3O5. The standard InChI is InChI=1S/C22H19Br4NO3.C18H19ClN2O2/c1-21(2)17(19(23)22(24,25)26)18(21)20(28)30-16(12-27)13-7-6-10-15(11-13)29-14-8-4-3-5-9-14;1-18(2,3)21(17(23)14-7-5-4-6-8-14)20-16(22)13-9-11-15(19)12-10-13/h3-11,16-19H,1-2H3;4-12H,1-3H3,(H,20,22)/t16-,17-,18+,19?;/m1./s1. The first-order valence-corrected chi connectivity index (χ1v) is 20.1. The van der Waals surface area contributed by atoms with Gasteiger partial charge in [-0.15, -0.1) is 0 Å². The van der Waals surface area contributed by atoms with Crippen molar-refractivity contribution in [2.75, 3.05) is 0 Å². The van der Waals surface area contributed by atoms with E-state index in [0.29, 0.717) is 33.2 Å². The molecule has 5 rings (SSSR count). The van der Waals surface area contributed by atoms with Crippen molar-refractivity contribution in [2.24, 2.45) is 17.3 Å². The van der Waals surface area contributed by atoms with Gasteiger partial charge in [-0.2, -0.15) is 5.26 Å². The van der Waals surface area contributed by atoms with Gasteiger partial charge in [0, 0.05) is 21.7 Å². The second kappa shape index (κ2) is 17.9. The molecular weight excluding hydrogens is 958 g/mol. The molecule has 4 atom stereocenters. The smallest absolute Gasteiger partial charge is 0.311 e. The van der Waals surface area contributed by atoms with E-state index in [9.17, 15) is 19.6 Å². The molecule has 13 heteroatoms. The third kappa shape index (κ3) is 11.4. The molecule has 8 nitrogen and oxygen atoms in total. The van der Waals surface area contributed by atoms with Crippen LogP contribution in [0.3, 0.4) is 0 Å². The van der Waals surface area contributed by atoms with Gasteiger partial charge < -0.3 is 9.47 Å². The van der Waals surface area contributed by atoms with Gasteiger partial charge in [0.05, 0.1) is 16.3 Å². The van der Waals surface area contributed by atoms with Crippen LogP contribution in [0.25, 0.3) is 0 Å². The lowest BCUT2D eigenvalue weighted by atomic mass is 10.1. The Morgan fingerprint density at radius 3 is 1.96 bits per heavy atom. The summed E-state index contributed by atoms with van der Waals surface area (Å²) >= 11 is 20.0. The van der Waals surface area contributed by atoms with Crippen LogP contribution in [-0.4, -0.2) is 35.3 Å². The van der Waals surface area contributed by atoms with E-state index in [1.165, 1.54) is 5.01 Å². The first-order chi connectivity index (χ1) is 24.8. The number of hydrazine groups is 1. The highest BCUT2D eigenvalue weighted by molar-refractivity contribution is 9.40. The number of hydrogen-bond donors (Lipinski definition) is 1. The summed E-state index contributed by atoms with van der Waals surface area (Å²) in [5.74, 6) is -0.0474. The minimum atomic E-state index is -1.01. The Labute approximate surface area is 349 Å². The first kappa shape index (κ1) is 42.5. The predicted octanol–water partition coefficient (Wildman–Crippen LogP) is 11.4. The number of carbonyl (C=O) groups excluding carboxylic acids is 3. The van der Waals surface area contributed by atoms with Crippen molar-refractivity contribution in [3.05, 3.63) is 131 Å². The Kier molecular flexibility index (Phi) is 14.4. The summed E-state index contributed by atoms with van der Waals surface area (Å²) in [6.45, 7) is 9.61. The molecule has 1 unspecified atom stereocenters. The molecule has 0 heterocycles. The van der Waals surface area contributed by atoms with E-state index >= 15 is 0 Å². The number of rotatable bonds is 8. The van der Waals surface area contributed by atoms with Gasteiger partial charge in [-0.1, -0.05) is 138 Å². The molecule has 0 bridgehead atoms. The second-order valence-corrected chi connectivity index (χ2v) is 22.2. The van der Waals surface area contributed by atoms with Gasteiger partial charge in [0.25, 0.3) is 11.8 Å². The largest absolute Gasteiger partial charge is 0.457 e. The van der Waals surface area contributed by atoms with Crippen LogP contribution in [-0.2, 0) is 9.53 Å². The number of ether oxygens (including phenoxy) is 2. The average molecular weight is 996 g/mol. The Bertz CT molecular complexity index is 1930. The number of halogens is 5. The van der Waals surface area contributed by atoms with Crippen molar-refractivity contribution in [1.29, 1.82) is 5.26 Å². The molecule has 278 valence electrons. The van der Waals surface area contributed by atoms with Crippen LogP contribution in [0.2, 0.25) is 5.02 Å². The van der Waals surface area contributed by atoms with Crippen molar-refractivity contribution in [3.63, 3.8) is 0 Å². The van der Waals surface area contributed by atoms with Crippen LogP contribution in [0.4, 0.5) is 0 Å². The van der Waals surface area contributed by atoms with Crippen molar-refractivity contribution in [3.8, 4) is 17.6 Å². The van der Waals surface area contributed by atoms with Gasteiger partial charge in [-0.25, -0.2) is 5.01 Å². The maximum atomic E-state index is 12.9. The number of alkyl halides is 4. The molecule has 0 aliphatic heterocycles. The number of benzene rings is 4. The van der Waals surface area contributed by atoms with E-state index in [-0.39, 0.29) is 39.9 Å². The fourth-order valence-electron chi connectivity index (χ4n) is 5.60. The Morgan fingerprint density at radius 1 is 0.849 bits per heavy atom. The molecule has 1 aliphatic carbocycles. The minimum Gasteiger partial charge on any atom is -0.457 e. The van der Waals surface area contributed by atoms with Gasteiger partial charge in [-0.05, 0) is 92.8 Å². The zero-order chi connectivity index (χ0) is 39.1. The first-order valence-electron chi connectivity index (χ1n) is 16.4. The van der Waals surface area contributed by atoms with Crippen LogP contribution in [0.15, 0.2) is 109 Å². The number of nitriles is 1. The highest BCUT2D eigenvalue weighted by atomic mass is 80.0. The van der Waals surface area contributed by atoms with Gasteiger partial charge in [0.1, 0.15) is 19.7 Å². The summed E-state index contributed by atoms with van der Waals surface area (Å²) in [6, 6.07) is 33.8. The van der Waals surface area contributed by atoms with Crippen LogP contribution >= 0.6 is 75.3 Å². The molecule has 4 aromatic carbocycles. The molecule has 53 heavy (non-hydrogen) atoms. The summed E-state index contributed by atoms with van der Waals surface area (Å²) in [6.07, 6.45) is -1.01. The van der Waals surface area contributed by atoms with Crippen molar-refractivity contribution in [2.45, 2.75) is 53.2 Å². The molecule has 1 aliphatic rings. The number of amides is 2. The fraction of sp³-hybridized carbons (Fsp3) is 0.300. The lowest BCUT2D eigenvalue weighted by molar-refractivity contribution is -0.149. The molecule has 1 fully saturated rings. The van der Waals surface area contributed by atoms with Crippen LogP contribution in [0.5, 0.6) is 11.5 Å². The Morgan fingerprint density at radius 2 is 1.42 bits per heavy atom. The van der Waals surface area contributed by atoms with E-state index in [1.807, 2.05) is 71.0 Å². The van der Waals surface area contributed by atoms with Crippen LogP contribution < -0.4 is 10.2 Å². The molecule has 0 radical (unpaired) electrons. The summed E-state index contributed by atoms with van der Waals surface area (Å²) in [4.78, 5) is 37.9. The third-order valence-corrected chi connectivity index (χ3v) is 13.3. The number of esters is 1. The lowest BCUT2D eigenvalue weighted by Crippen LogP contribution is -2.55. The Balaban J connectivity index is 0.000000245. The lowest BCUT2D eigenvalue weighted by Gasteiger charge is -2.35. The monoisotopic (exact) mass is 991 g/mol. The van der Waals surface area contributed by atoms with Crippen molar-refractivity contribution >= 4 is 93.1 Å². The molecule has 0 saturated heterocycles. The van der Waals surface area contributed by atoms with E-state index in [0.717, 1.165) is 0 Å². The highest BCUT2D eigenvalue weighted by Gasteiger charge is 2.67. The molecule has 0 spiro atoms. The molecule has 1 N–H and O–H groups in total. The van der Waals surface area contributed by atoms with Crippen molar-refractivity contribution < 1.29 is 23.9 Å². The summed E-state index contributed by atoms with van der Waals surface area (Å²) in [7, 11) is 0. The zero-order valence-electron chi connectivity index (χ0n) is 29.5. The molecule has 2 amide bonds. The number of hydrogen-bond acceptors (Lipinski definition) is 6. The average Bonchev–Trinajstić information content (AvgIpc) is 3.70. The van der Waals surface area contributed by atoms with Crippen LogP contribution in [0.1, 0.15) is 67.0 Å². The van der Waals surface area contributed by atoms with Gasteiger partial charge >= 0.3 is 5.97 Å². The number of para-hydroxylation sites is 1. The summed E-state index contributed by atoms with van der Waals surface area (Å²) in [5, 5.41) is 11.5. The minimum absolute atomic E-state index is 0.0233. The molecule has 4 aromatic rings. The van der Waals surface area contributed by atoms with Gasteiger partial charge in [0.2, 0.25) is 6.10 Å². The number of nitrogens with one attached hydrogen (secondary N) is 1. The highest BCUT2D eigenvalue weighted by Crippen LogP contribution is 2.66. The Hall–Kier alpha value is -3.21. The van der Waals surface area contributed by atoms with E-state index in [2.05, 4.69) is 75.2 Å². The fourth-order valence-corrected chi connectivity index (χ4v) is 7.57. The van der Waals surface area contributed by atoms with Crippen molar-refractivity contribution in [1.82, 2.24) is 10.4 Å².